The second-order valence-corrected chi connectivity index (χ2v) is 5.45. The van der Waals surface area contributed by atoms with E-state index in [9.17, 15) is 13.6 Å². The summed E-state index contributed by atoms with van der Waals surface area (Å²) in [5.74, 6) is -0.533. The average molecular weight is 370 g/mol. The van der Waals surface area contributed by atoms with E-state index >= 15 is 0 Å². The van der Waals surface area contributed by atoms with Crippen LogP contribution in [0.4, 0.5) is 26.2 Å². The van der Waals surface area contributed by atoms with E-state index < -0.39 is 17.5 Å². The van der Waals surface area contributed by atoms with Crippen LogP contribution in [0.5, 0.6) is 0 Å². The minimum Gasteiger partial charge on any atom is -0.367 e. The zero-order valence-corrected chi connectivity index (χ0v) is 14.1. The number of aromatic nitrogens is 3. The molecule has 0 unspecified atom stereocenters. The van der Waals surface area contributed by atoms with Gasteiger partial charge in [0.1, 0.15) is 23.3 Å². The second kappa shape index (κ2) is 8.65. The minimum absolute atomic E-state index is 0.207. The molecule has 2 heterocycles. The molecule has 1 aromatic carbocycles. The number of nitrogens with zero attached hydrogens (tertiary/aromatic N) is 3. The Morgan fingerprint density at radius 3 is 2.44 bits per heavy atom. The number of hydrogen-bond acceptors (Lipinski definition) is 6. The van der Waals surface area contributed by atoms with E-state index in [1.807, 2.05) is 12.1 Å². The highest BCUT2D eigenvalue weighted by atomic mass is 19.1. The minimum atomic E-state index is -0.901. The third-order valence-electron chi connectivity index (χ3n) is 3.48. The summed E-state index contributed by atoms with van der Waals surface area (Å²) >= 11 is 0. The van der Waals surface area contributed by atoms with Gasteiger partial charge in [0, 0.05) is 25.4 Å². The van der Waals surface area contributed by atoms with Crippen LogP contribution in [-0.4, -0.2) is 34.2 Å². The standard InChI is InChI=1S/C18H16F2N6O/c19-12-4-5-13(14(20)11-12)18(27)23-10-9-22-16-6-7-17(26-25-16)24-15-3-1-2-8-21-15/h1-8,11H,9-10H2,(H,22,25)(H,23,27)(H,21,24,26). The SMILES string of the molecule is O=C(NCCNc1ccc(Nc2ccccn2)nn1)c1ccc(F)cc1F. The Hall–Kier alpha value is -3.62. The Labute approximate surface area is 153 Å². The van der Waals surface area contributed by atoms with E-state index in [1.54, 1.807) is 24.4 Å². The van der Waals surface area contributed by atoms with Gasteiger partial charge < -0.3 is 16.0 Å². The van der Waals surface area contributed by atoms with Crippen LogP contribution in [0.15, 0.2) is 54.7 Å². The Bertz CT molecular complexity index is 905. The van der Waals surface area contributed by atoms with Crippen molar-refractivity contribution in [3.05, 3.63) is 71.9 Å². The number of benzene rings is 1. The highest BCUT2D eigenvalue weighted by Crippen LogP contribution is 2.12. The number of carbonyl (C=O) groups excluding carboxylic acids is 1. The predicted octanol–water partition coefficient (Wildman–Crippen LogP) is 2.74. The van der Waals surface area contributed by atoms with Crippen molar-refractivity contribution in [3.63, 3.8) is 0 Å². The third kappa shape index (κ3) is 5.18. The lowest BCUT2D eigenvalue weighted by molar-refractivity contribution is 0.0951. The Morgan fingerprint density at radius 2 is 1.74 bits per heavy atom. The van der Waals surface area contributed by atoms with Gasteiger partial charge >= 0.3 is 0 Å². The Kier molecular flexibility index (Phi) is 5.83. The number of pyridine rings is 1. The number of rotatable bonds is 7. The third-order valence-corrected chi connectivity index (χ3v) is 3.48. The summed E-state index contributed by atoms with van der Waals surface area (Å²) in [5, 5.41) is 16.6. The number of carbonyl (C=O) groups is 1. The van der Waals surface area contributed by atoms with E-state index in [0.717, 1.165) is 12.1 Å². The van der Waals surface area contributed by atoms with E-state index in [4.69, 9.17) is 0 Å². The molecule has 2 aromatic heterocycles. The summed E-state index contributed by atoms with van der Waals surface area (Å²) in [4.78, 5) is 16.0. The lowest BCUT2D eigenvalue weighted by Gasteiger charge is -2.08. The molecule has 0 atom stereocenters. The maximum atomic E-state index is 13.5. The molecule has 0 aliphatic rings. The molecule has 138 valence electrons. The largest absolute Gasteiger partial charge is 0.367 e. The molecule has 0 saturated heterocycles. The van der Waals surface area contributed by atoms with Crippen molar-refractivity contribution in [2.45, 2.75) is 0 Å². The molecule has 0 aliphatic heterocycles. The first-order valence-corrected chi connectivity index (χ1v) is 8.11. The molecular weight excluding hydrogens is 354 g/mol. The number of anilines is 3. The first-order valence-electron chi connectivity index (χ1n) is 8.11. The van der Waals surface area contributed by atoms with Crippen molar-refractivity contribution in [2.75, 3.05) is 23.7 Å². The van der Waals surface area contributed by atoms with Crippen LogP contribution in [0, 0.1) is 11.6 Å². The fourth-order valence-electron chi connectivity index (χ4n) is 2.20. The van der Waals surface area contributed by atoms with Gasteiger partial charge in [0.25, 0.3) is 5.91 Å². The van der Waals surface area contributed by atoms with Gasteiger partial charge in [0.2, 0.25) is 0 Å². The highest BCUT2D eigenvalue weighted by molar-refractivity contribution is 5.94. The van der Waals surface area contributed by atoms with Crippen LogP contribution in [0.1, 0.15) is 10.4 Å². The van der Waals surface area contributed by atoms with Crippen LogP contribution in [-0.2, 0) is 0 Å². The molecule has 0 aliphatic carbocycles. The molecule has 3 N–H and O–H groups in total. The fraction of sp³-hybridized carbons (Fsp3) is 0.111. The maximum absolute atomic E-state index is 13.5. The smallest absolute Gasteiger partial charge is 0.254 e. The van der Waals surface area contributed by atoms with Crippen LogP contribution in [0.25, 0.3) is 0 Å². The number of nitrogens with one attached hydrogen (secondary N) is 3. The molecule has 0 spiro atoms. The fourth-order valence-corrected chi connectivity index (χ4v) is 2.20. The topological polar surface area (TPSA) is 91.8 Å². The van der Waals surface area contributed by atoms with Gasteiger partial charge in [-0.25, -0.2) is 13.8 Å². The van der Waals surface area contributed by atoms with Crippen molar-refractivity contribution < 1.29 is 13.6 Å². The summed E-state index contributed by atoms with van der Waals surface area (Å²) in [6.07, 6.45) is 1.66. The second-order valence-electron chi connectivity index (χ2n) is 5.45. The lowest BCUT2D eigenvalue weighted by atomic mass is 10.2. The normalized spacial score (nSPS) is 10.3. The van der Waals surface area contributed by atoms with Gasteiger partial charge in [-0.2, -0.15) is 0 Å². The van der Waals surface area contributed by atoms with Gasteiger partial charge in [-0.05, 0) is 36.4 Å². The van der Waals surface area contributed by atoms with Crippen molar-refractivity contribution in [1.82, 2.24) is 20.5 Å². The Morgan fingerprint density at radius 1 is 0.926 bits per heavy atom. The van der Waals surface area contributed by atoms with Gasteiger partial charge in [0.05, 0.1) is 5.56 Å². The molecule has 0 bridgehead atoms. The van der Waals surface area contributed by atoms with Gasteiger partial charge in [-0.1, -0.05) is 6.07 Å². The van der Waals surface area contributed by atoms with Crippen molar-refractivity contribution in [2.24, 2.45) is 0 Å². The zero-order chi connectivity index (χ0) is 19.1. The van der Waals surface area contributed by atoms with E-state index in [2.05, 4.69) is 31.1 Å². The molecule has 7 nitrogen and oxygen atoms in total. The monoisotopic (exact) mass is 370 g/mol. The molecule has 0 fully saturated rings. The summed E-state index contributed by atoms with van der Waals surface area (Å²) in [7, 11) is 0. The van der Waals surface area contributed by atoms with Crippen LogP contribution >= 0.6 is 0 Å². The van der Waals surface area contributed by atoms with Crippen LogP contribution in [0.2, 0.25) is 0 Å². The van der Waals surface area contributed by atoms with E-state index in [0.29, 0.717) is 30.1 Å². The average Bonchev–Trinajstić information content (AvgIpc) is 2.67. The predicted molar refractivity (Wildman–Crippen MR) is 96.7 cm³/mol. The van der Waals surface area contributed by atoms with Crippen molar-refractivity contribution in [1.29, 1.82) is 0 Å². The first kappa shape index (κ1) is 18.2. The zero-order valence-electron chi connectivity index (χ0n) is 14.1. The van der Waals surface area contributed by atoms with Crippen molar-refractivity contribution in [3.8, 4) is 0 Å². The Balaban J connectivity index is 1.44. The van der Waals surface area contributed by atoms with E-state index in [1.165, 1.54) is 0 Å². The molecular formula is C18H16F2N6O. The summed E-state index contributed by atoms with van der Waals surface area (Å²) < 4.78 is 26.4. The molecule has 0 saturated carbocycles. The lowest BCUT2D eigenvalue weighted by Crippen LogP contribution is -2.29. The number of hydrogen-bond donors (Lipinski definition) is 3. The highest BCUT2D eigenvalue weighted by Gasteiger charge is 2.11. The quantitative estimate of drug-likeness (QED) is 0.554. The molecule has 3 rings (SSSR count). The molecule has 1 amide bonds. The summed E-state index contributed by atoms with van der Waals surface area (Å²) in [6.45, 7) is 0.585. The maximum Gasteiger partial charge on any atom is 0.254 e. The number of halogens is 2. The molecule has 27 heavy (non-hydrogen) atoms. The molecule has 3 aromatic rings. The van der Waals surface area contributed by atoms with Gasteiger partial charge in [0.15, 0.2) is 5.82 Å². The van der Waals surface area contributed by atoms with Crippen LogP contribution < -0.4 is 16.0 Å². The molecule has 0 radical (unpaired) electrons. The van der Waals surface area contributed by atoms with Crippen LogP contribution in [0.3, 0.4) is 0 Å². The van der Waals surface area contributed by atoms with E-state index in [-0.39, 0.29) is 12.1 Å². The van der Waals surface area contributed by atoms with Crippen molar-refractivity contribution >= 4 is 23.4 Å². The molecule has 9 heteroatoms. The van der Waals surface area contributed by atoms with Gasteiger partial charge in [-0.15, -0.1) is 10.2 Å². The first-order chi connectivity index (χ1) is 13.1. The van der Waals surface area contributed by atoms with Gasteiger partial charge in [-0.3, -0.25) is 4.79 Å². The summed E-state index contributed by atoms with van der Waals surface area (Å²) in [5.41, 5.74) is -0.207. The number of amides is 1. The summed E-state index contributed by atoms with van der Waals surface area (Å²) in [6, 6.07) is 11.7.